The van der Waals surface area contributed by atoms with Crippen LogP contribution in [0.2, 0.25) is 5.02 Å². The van der Waals surface area contributed by atoms with Crippen LogP contribution in [0, 0.1) is 17.0 Å². The average molecular weight is 403 g/mol. The molecule has 0 saturated heterocycles. The highest BCUT2D eigenvalue weighted by Gasteiger charge is 2.16. The zero-order chi connectivity index (χ0) is 17.7. The van der Waals surface area contributed by atoms with Gasteiger partial charge in [-0.05, 0) is 64.2 Å². The number of phenols is 2. The van der Waals surface area contributed by atoms with Gasteiger partial charge in [0.25, 0.3) is 0 Å². The maximum absolute atomic E-state index is 10.4. The minimum atomic E-state index is -0.618. The molecule has 0 unspecified atom stereocenters. The standard InChI is InChI=1S/C9H11ClO.C7H6BrNO3/c1-6(2)8-5-7(10)3-4-9(8)11;1-4-2-5(8)7(10)6(3-4)9(11)12/h3-6,11H,1-2H3;2-3,10H,1H3. The van der Waals surface area contributed by atoms with Gasteiger partial charge in [0, 0.05) is 11.1 Å². The molecule has 0 bridgehead atoms. The largest absolute Gasteiger partial charge is 0.508 e. The van der Waals surface area contributed by atoms with Crippen LogP contribution in [0.25, 0.3) is 0 Å². The first-order valence-electron chi connectivity index (χ1n) is 6.75. The third kappa shape index (κ3) is 5.41. The van der Waals surface area contributed by atoms with Crippen LogP contribution in [-0.2, 0) is 0 Å². The number of aryl methyl sites for hydroxylation is 1. The van der Waals surface area contributed by atoms with Gasteiger partial charge in [0.05, 0.1) is 9.40 Å². The van der Waals surface area contributed by atoms with Crippen LogP contribution in [0.1, 0.15) is 30.9 Å². The van der Waals surface area contributed by atoms with Crippen molar-refractivity contribution in [3.63, 3.8) is 0 Å². The minimum absolute atomic E-state index is 0.276. The first kappa shape index (κ1) is 19.3. The Balaban J connectivity index is 0.000000231. The monoisotopic (exact) mass is 401 g/mol. The maximum atomic E-state index is 10.4. The van der Waals surface area contributed by atoms with Crippen LogP contribution in [-0.4, -0.2) is 15.1 Å². The average Bonchev–Trinajstić information content (AvgIpc) is 2.45. The molecule has 0 saturated carbocycles. The van der Waals surface area contributed by atoms with Crippen LogP contribution in [0.5, 0.6) is 11.5 Å². The van der Waals surface area contributed by atoms with Gasteiger partial charge >= 0.3 is 5.69 Å². The highest BCUT2D eigenvalue weighted by atomic mass is 79.9. The van der Waals surface area contributed by atoms with Gasteiger partial charge in [0.1, 0.15) is 5.75 Å². The fourth-order valence-electron chi connectivity index (χ4n) is 1.84. The van der Waals surface area contributed by atoms with E-state index in [1.165, 1.54) is 6.07 Å². The summed E-state index contributed by atoms with van der Waals surface area (Å²) in [4.78, 5) is 9.73. The molecule has 0 radical (unpaired) electrons. The van der Waals surface area contributed by atoms with Gasteiger partial charge in [0.15, 0.2) is 0 Å². The van der Waals surface area contributed by atoms with E-state index in [1.807, 2.05) is 13.8 Å². The molecule has 0 fully saturated rings. The highest BCUT2D eigenvalue weighted by molar-refractivity contribution is 9.10. The Kier molecular flexibility index (Phi) is 6.84. The lowest BCUT2D eigenvalue weighted by molar-refractivity contribution is -0.386. The summed E-state index contributed by atoms with van der Waals surface area (Å²) >= 11 is 8.76. The quantitative estimate of drug-likeness (QED) is 0.510. The zero-order valence-corrected chi connectivity index (χ0v) is 15.2. The molecule has 2 N–H and O–H groups in total. The molecule has 0 aliphatic carbocycles. The topological polar surface area (TPSA) is 83.6 Å². The second-order valence-corrected chi connectivity index (χ2v) is 6.52. The van der Waals surface area contributed by atoms with Crippen molar-refractivity contribution in [2.45, 2.75) is 26.7 Å². The molecule has 7 heteroatoms. The Morgan fingerprint density at radius 1 is 1.22 bits per heavy atom. The number of nitrogens with zero attached hydrogens (tertiary/aromatic N) is 1. The number of nitro groups is 1. The fraction of sp³-hybridized carbons (Fsp3) is 0.250. The number of hydrogen-bond acceptors (Lipinski definition) is 4. The molecule has 0 aliphatic heterocycles. The summed E-state index contributed by atoms with van der Waals surface area (Å²) in [5.74, 6) is 0.309. The van der Waals surface area contributed by atoms with E-state index < -0.39 is 4.92 Å². The minimum Gasteiger partial charge on any atom is -0.508 e. The molecule has 124 valence electrons. The predicted octanol–water partition coefficient (Wildman–Crippen LogP) is 5.54. The number of phenolic OH excluding ortho intramolecular Hbond substituents is 2. The lowest BCUT2D eigenvalue weighted by Gasteiger charge is -2.07. The molecule has 0 aromatic heterocycles. The van der Waals surface area contributed by atoms with Crippen molar-refractivity contribution in [3.8, 4) is 11.5 Å². The van der Waals surface area contributed by atoms with Crippen LogP contribution in [0.3, 0.4) is 0 Å². The van der Waals surface area contributed by atoms with Crippen LogP contribution >= 0.6 is 27.5 Å². The molecule has 5 nitrogen and oxygen atoms in total. The zero-order valence-electron chi connectivity index (χ0n) is 12.9. The maximum Gasteiger partial charge on any atom is 0.312 e. The highest BCUT2D eigenvalue weighted by Crippen LogP contribution is 2.34. The lowest BCUT2D eigenvalue weighted by Crippen LogP contribution is -1.89. The van der Waals surface area contributed by atoms with Gasteiger partial charge in [-0.3, -0.25) is 10.1 Å². The van der Waals surface area contributed by atoms with Crippen molar-refractivity contribution in [1.29, 1.82) is 0 Å². The summed E-state index contributed by atoms with van der Waals surface area (Å²) in [6, 6.07) is 8.03. The van der Waals surface area contributed by atoms with Gasteiger partial charge in [-0.25, -0.2) is 0 Å². The number of benzene rings is 2. The third-order valence-electron chi connectivity index (χ3n) is 3.00. The number of halogens is 2. The normalized spacial score (nSPS) is 10.2. The molecule has 0 aliphatic rings. The molecule has 2 aromatic carbocycles. The van der Waals surface area contributed by atoms with Crippen molar-refractivity contribution in [2.24, 2.45) is 0 Å². The molecule has 23 heavy (non-hydrogen) atoms. The van der Waals surface area contributed by atoms with Crippen LogP contribution < -0.4 is 0 Å². The Morgan fingerprint density at radius 2 is 1.83 bits per heavy atom. The summed E-state index contributed by atoms with van der Waals surface area (Å²) in [7, 11) is 0. The predicted molar refractivity (Wildman–Crippen MR) is 94.4 cm³/mol. The Morgan fingerprint density at radius 3 is 2.30 bits per heavy atom. The fourth-order valence-corrected chi connectivity index (χ4v) is 2.59. The third-order valence-corrected chi connectivity index (χ3v) is 3.84. The van der Waals surface area contributed by atoms with Gasteiger partial charge in [-0.2, -0.15) is 0 Å². The lowest BCUT2D eigenvalue weighted by atomic mass is 10.0. The summed E-state index contributed by atoms with van der Waals surface area (Å²) in [5.41, 5.74) is 1.35. The number of nitro benzene ring substituents is 1. The molecule has 0 spiro atoms. The molecular weight excluding hydrogens is 386 g/mol. The van der Waals surface area contributed by atoms with E-state index in [9.17, 15) is 20.3 Å². The SMILES string of the molecule is CC(C)c1cc(Cl)ccc1O.Cc1cc(Br)c(O)c([N+](=O)[O-])c1. The molecule has 2 aromatic rings. The molecule has 0 amide bonds. The molecule has 0 atom stereocenters. The van der Waals surface area contributed by atoms with Crippen molar-refractivity contribution in [2.75, 3.05) is 0 Å². The Hall–Kier alpha value is -1.79. The van der Waals surface area contributed by atoms with Crippen molar-refractivity contribution >= 4 is 33.2 Å². The number of hydrogen-bond donors (Lipinski definition) is 2. The summed E-state index contributed by atoms with van der Waals surface area (Å²) in [5, 5.41) is 29.6. The second kappa shape index (κ2) is 8.17. The second-order valence-electron chi connectivity index (χ2n) is 5.23. The number of rotatable bonds is 2. The van der Waals surface area contributed by atoms with Gasteiger partial charge in [0.2, 0.25) is 5.75 Å². The van der Waals surface area contributed by atoms with Crippen LogP contribution in [0.4, 0.5) is 5.69 Å². The van der Waals surface area contributed by atoms with Crippen molar-refractivity contribution < 1.29 is 15.1 Å². The summed E-state index contributed by atoms with van der Waals surface area (Å²) < 4.78 is 0.342. The van der Waals surface area contributed by atoms with E-state index in [1.54, 1.807) is 31.2 Å². The van der Waals surface area contributed by atoms with Crippen molar-refractivity contribution in [3.05, 3.63) is 61.1 Å². The smallest absolute Gasteiger partial charge is 0.312 e. The first-order valence-corrected chi connectivity index (χ1v) is 7.92. The molecular formula is C16H17BrClNO4. The van der Waals surface area contributed by atoms with Crippen molar-refractivity contribution in [1.82, 2.24) is 0 Å². The first-order chi connectivity index (χ1) is 10.6. The van der Waals surface area contributed by atoms with E-state index in [2.05, 4.69) is 15.9 Å². The van der Waals surface area contributed by atoms with Crippen LogP contribution in [0.15, 0.2) is 34.8 Å². The van der Waals surface area contributed by atoms with Gasteiger partial charge < -0.3 is 10.2 Å². The summed E-state index contributed by atoms with van der Waals surface area (Å²) in [6.45, 7) is 5.76. The van der Waals surface area contributed by atoms with Gasteiger partial charge in [-0.15, -0.1) is 0 Å². The van der Waals surface area contributed by atoms with E-state index >= 15 is 0 Å². The van der Waals surface area contributed by atoms with E-state index in [4.69, 9.17) is 11.6 Å². The number of aromatic hydroxyl groups is 2. The van der Waals surface area contributed by atoms with E-state index in [0.717, 1.165) is 11.1 Å². The van der Waals surface area contributed by atoms with Gasteiger partial charge in [-0.1, -0.05) is 25.4 Å². The molecule has 0 heterocycles. The molecule has 2 rings (SSSR count). The van der Waals surface area contributed by atoms with E-state index in [-0.39, 0.29) is 11.4 Å². The Bertz CT molecular complexity index is 719. The summed E-state index contributed by atoms with van der Waals surface area (Å²) in [6.07, 6.45) is 0. The Labute approximate surface area is 147 Å². The van der Waals surface area contributed by atoms with E-state index in [0.29, 0.717) is 21.2 Å².